The smallest absolute Gasteiger partial charge is 0.261 e. The highest BCUT2D eigenvalue weighted by Gasteiger charge is 2.18. The third kappa shape index (κ3) is 3.35. The SMILES string of the molecule is O=C(NCCC1CCNC1)c1cc2c([nH]c1=O)CCCC2. The first kappa shape index (κ1) is 14.3. The molecule has 3 rings (SSSR count). The Bertz CT molecular complexity index is 573. The average Bonchev–Trinajstić information content (AvgIpc) is 2.99. The van der Waals surface area contributed by atoms with Crippen molar-refractivity contribution >= 4 is 5.91 Å². The summed E-state index contributed by atoms with van der Waals surface area (Å²) < 4.78 is 0. The van der Waals surface area contributed by atoms with Crippen molar-refractivity contribution in [3.05, 3.63) is 33.2 Å². The second-order valence-electron chi connectivity index (χ2n) is 6.13. The summed E-state index contributed by atoms with van der Waals surface area (Å²) in [5.74, 6) is 0.405. The van der Waals surface area contributed by atoms with E-state index in [1.807, 2.05) is 0 Å². The molecule has 1 aliphatic carbocycles. The minimum absolute atomic E-state index is 0.240. The van der Waals surface area contributed by atoms with Gasteiger partial charge in [-0.2, -0.15) is 0 Å². The Morgan fingerprint density at radius 3 is 3.00 bits per heavy atom. The molecule has 5 heteroatoms. The van der Waals surface area contributed by atoms with E-state index in [2.05, 4.69) is 15.6 Å². The molecule has 114 valence electrons. The lowest BCUT2D eigenvalue weighted by atomic mass is 9.95. The van der Waals surface area contributed by atoms with Crippen molar-refractivity contribution < 1.29 is 4.79 Å². The first-order valence-electron chi connectivity index (χ1n) is 7.98. The third-order valence-corrected chi connectivity index (χ3v) is 4.58. The topological polar surface area (TPSA) is 74.0 Å². The normalized spacial score (nSPS) is 21.0. The van der Waals surface area contributed by atoms with Crippen LogP contribution in [0.4, 0.5) is 0 Å². The number of carbonyl (C=O) groups excluding carboxylic acids is 1. The molecule has 1 atom stereocenters. The van der Waals surface area contributed by atoms with Crippen LogP contribution < -0.4 is 16.2 Å². The van der Waals surface area contributed by atoms with Gasteiger partial charge in [-0.05, 0) is 69.2 Å². The number of amides is 1. The lowest BCUT2D eigenvalue weighted by Crippen LogP contribution is -2.32. The van der Waals surface area contributed by atoms with Gasteiger partial charge in [0.25, 0.3) is 11.5 Å². The molecule has 1 amide bonds. The molecule has 0 spiro atoms. The van der Waals surface area contributed by atoms with Gasteiger partial charge in [0.1, 0.15) is 5.56 Å². The Labute approximate surface area is 124 Å². The number of carbonyl (C=O) groups is 1. The number of rotatable bonds is 4. The van der Waals surface area contributed by atoms with Gasteiger partial charge in [0.05, 0.1) is 0 Å². The maximum absolute atomic E-state index is 12.2. The fourth-order valence-electron chi connectivity index (χ4n) is 3.29. The molecule has 2 heterocycles. The van der Waals surface area contributed by atoms with E-state index >= 15 is 0 Å². The van der Waals surface area contributed by atoms with Crippen molar-refractivity contribution in [1.82, 2.24) is 15.6 Å². The fraction of sp³-hybridized carbons (Fsp3) is 0.625. The van der Waals surface area contributed by atoms with Gasteiger partial charge >= 0.3 is 0 Å². The maximum Gasteiger partial charge on any atom is 0.261 e. The first-order valence-corrected chi connectivity index (χ1v) is 7.98. The van der Waals surface area contributed by atoms with Crippen molar-refractivity contribution in [2.75, 3.05) is 19.6 Å². The number of aromatic amines is 1. The van der Waals surface area contributed by atoms with Gasteiger partial charge in [0.15, 0.2) is 0 Å². The molecule has 0 aromatic carbocycles. The van der Waals surface area contributed by atoms with E-state index in [-0.39, 0.29) is 17.0 Å². The summed E-state index contributed by atoms with van der Waals surface area (Å²) in [7, 11) is 0. The molecule has 5 nitrogen and oxygen atoms in total. The Morgan fingerprint density at radius 2 is 2.19 bits per heavy atom. The molecule has 1 aromatic rings. The quantitative estimate of drug-likeness (QED) is 0.773. The van der Waals surface area contributed by atoms with Gasteiger partial charge in [-0.1, -0.05) is 0 Å². The van der Waals surface area contributed by atoms with E-state index in [9.17, 15) is 9.59 Å². The monoisotopic (exact) mass is 289 g/mol. The zero-order valence-electron chi connectivity index (χ0n) is 12.3. The molecule has 3 N–H and O–H groups in total. The molecular weight excluding hydrogens is 266 g/mol. The molecule has 0 saturated carbocycles. The fourth-order valence-corrected chi connectivity index (χ4v) is 3.29. The third-order valence-electron chi connectivity index (χ3n) is 4.58. The number of nitrogens with one attached hydrogen (secondary N) is 3. The minimum Gasteiger partial charge on any atom is -0.352 e. The van der Waals surface area contributed by atoms with E-state index in [1.54, 1.807) is 6.07 Å². The molecule has 0 radical (unpaired) electrons. The lowest BCUT2D eigenvalue weighted by molar-refractivity contribution is 0.0950. The highest BCUT2D eigenvalue weighted by molar-refractivity contribution is 5.94. The van der Waals surface area contributed by atoms with Crippen LogP contribution in [-0.2, 0) is 12.8 Å². The summed E-state index contributed by atoms with van der Waals surface area (Å²) in [6, 6.07) is 1.79. The van der Waals surface area contributed by atoms with Crippen LogP contribution in [0.5, 0.6) is 0 Å². The van der Waals surface area contributed by atoms with Gasteiger partial charge in [-0.15, -0.1) is 0 Å². The molecular formula is C16H23N3O2. The van der Waals surface area contributed by atoms with Crippen molar-refractivity contribution in [3.8, 4) is 0 Å². The number of fused-ring (bicyclic) bond motifs is 1. The zero-order valence-corrected chi connectivity index (χ0v) is 12.3. The van der Waals surface area contributed by atoms with Crippen molar-refractivity contribution in [2.24, 2.45) is 5.92 Å². The summed E-state index contributed by atoms with van der Waals surface area (Å²) in [4.78, 5) is 27.1. The van der Waals surface area contributed by atoms with Gasteiger partial charge in [0.2, 0.25) is 0 Å². The summed E-state index contributed by atoms with van der Waals surface area (Å²) >= 11 is 0. The Balaban J connectivity index is 1.62. The minimum atomic E-state index is -0.254. The second-order valence-corrected chi connectivity index (χ2v) is 6.13. The molecule has 1 unspecified atom stereocenters. The van der Waals surface area contributed by atoms with Crippen LogP contribution in [-0.4, -0.2) is 30.5 Å². The number of hydrogen-bond donors (Lipinski definition) is 3. The van der Waals surface area contributed by atoms with E-state index in [0.717, 1.165) is 56.5 Å². The Kier molecular flexibility index (Phi) is 4.39. The standard InChI is InChI=1S/C16H23N3O2/c20-15(18-8-6-11-5-7-17-10-11)13-9-12-3-1-2-4-14(12)19-16(13)21/h9,11,17H,1-8,10H2,(H,18,20)(H,19,21). The van der Waals surface area contributed by atoms with Crippen LogP contribution in [0, 0.1) is 5.92 Å². The summed E-state index contributed by atoms with van der Waals surface area (Å²) in [5.41, 5.74) is 2.15. The lowest BCUT2D eigenvalue weighted by Gasteiger charge is -2.16. The molecule has 1 fully saturated rings. The predicted octanol–water partition coefficient (Wildman–Crippen LogP) is 0.983. The van der Waals surface area contributed by atoms with E-state index < -0.39 is 0 Å². The molecule has 0 bridgehead atoms. The largest absolute Gasteiger partial charge is 0.352 e. The van der Waals surface area contributed by atoms with Crippen LogP contribution in [0.25, 0.3) is 0 Å². The first-order chi connectivity index (χ1) is 10.2. The highest BCUT2D eigenvalue weighted by atomic mass is 16.2. The second kappa shape index (κ2) is 6.43. The van der Waals surface area contributed by atoms with Crippen LogP contribution in [0.1, 0.15) is 47.3 Å². The number of hydrogen-bond acceptors (Lipinski definition) is 3. The molecule has 1 aliphatic heterocycles. The van der Waals surface area contributed by atoms with Crippen LogP contribution >= 0.6 is 0 Å². The van der Waals surface area contributed by atoms with E-state index in [1.165, 1.54) is 6.42 Å². The Hall–Kier alpha value is -1.62. The van der Waals surface area contributed by atoms with Crippen LogP contribution in [0.3, 0.4) is 0 Å². The van der Waals surface area contributed by atoms with Gasteiger partial charge in [0, 0.05) is 12.2 Å². The Morgan fingerprint density at radius 1 is 1.33 bits per heavy atom. The molecule has 2 aliphatic rings. The van der Waals surface area contributed by atoms with E-state index in [4.69, 9.17) is 0 Å². The summed E-state index contributed by atoms with van der Waals surface area (Å²) in [6.07, 6.45) is 6.27. The van der Waals surface area contributed by atoms with Crippen molar-refractivity contribution in [2.45, 2.75) is 38.5 Å². The van der Waals surface area contributed by atoms with Crippen LogP contribution in [0.15, 0.2) is 10.9 Å². The molecule has 1 saturated heterocycles. The number of aromatic nitrogens is 1. The van der Waals surface area contributed by atoms with Gasteiger partial charge < -0.3 is 15.6 Å². The summed E-state index contributed by atoms with van der Waals surface area (Å²) in [6.45, 7) is 2.75. The van der Waals surface area contributed by atoms with Gasteiger partial charge in [-0.3, -0.25) is 9.59 Å². The average molecular weight is 289 g/mol. The predicted molar refractivity (Wildman–Crippen MR) is 81.6 cm³/mol. The van der Waals surface area contributed by atoms with Gasteiger partial charge in [-0.25, -0.2) is 0 Å². The number of H-pyrrole nitrogens is 1. The van der Waals surface area contributed by atoms with Crippen molar-refractivity contribution in [3.63, 3.8) is 0 Å². The van der Waals surface area contributed by atoms with Crippen molar-refractivity contribution in [1.29, 1.82) is 0 Å². The number of pyridine rings is 1. The number of aryl methyl sites for hydroxylation is 2. The zero-order chi connectivity index (χ0) is 14.7. The van der Waals surface area contributed by atoms with Crippen LogP contribution in [0.2, 0.25) is 0 Å². The highest BCUT2D eigenvalue weighted by Crippen LogP contribution is 2.18. The molecule has 1 aromatic heterocycles. The summed E-state index contributed by atoms with van der Waals surface area (Å²) in [5, 5.41) is 6.20. The molecule has 21 heavy (non-hydrogen) atoms. The maximum atomic E-state index is 12.2. The van der Waals surface area contributed by atoms with E-state index in [0.29, 0.717) is 12.5 Å².